The second-order valence-corrected chi connectivity index (χ2v) is 14.6. The summed E-state index contributed by atoms with van der Waals surface area (Å²) in [6.07, 6.45) is 2.16. The van der Waals surface area contributed by atoms with Gasteiger partial charge in [-0.25, -0.2) is 0 Å². The van der Waals surface area contributed by atoms with Crippen LogP contribution in [0.1, 0.15) is 31.5 Å². The van der Waals surface area contributed by atoms with Crippen LogP contribution in [0.4, 0.5) is 26.3 Å². The van der Waals surface area contributed by atoms with Gasteiger partial charge in [-0.1, -0.05) is 30.3 Å². The minimum atomic E-state index is -5.62. The van der Waals surface area contributed by atoms with Crippen molar-refractivity contribution in [3.63, 3.8) is 0 Å². The van der Waals surface area contributed by atoms with E-state index in [0.717, 1.165) is 16.2 Å². The maximum atomic E-state index is 15.8. The maximum Gasteiger partial charge on any atom is 0.380 e. The Morgan fingerprint density at radius 2 is 1.38 bits per heavy atom. The Hall–Kier alpha value is -2.35. The van der Waals surface area contributed by atoms with Crippen LogP contribution >= 0.6 is 69.3 Å². The van der Waals surface area contributed by atoms with Crippen molar-refractivity contribution < 1.29 is 26.3 Å². The van der Waals surface area contributed by atoms with Gasteiger partial charge < -0.3 is 0 Å². The SMILES string of the molecule is FC1(F)C(C/C=C(\S)c2cccs2)=C(c2cc(-c3cccs3)sc2/C(=C/c2cccs2)c2cccs2)C(F)(F)C1(F)F. The number of allylic oxidation sites excluding steroid dienone is 3. The summed E-state index contributed by atoms with van der Waals surface area (Å²) < 4.78 is 92.7. The third kappa shape index (κ3) is 4.99. The monoisotopic (exact) mass is 684 g/mol. The molecular weight excluding hydrogens is 667 g/mol. The molecule has 5 aromatic heterocycles. The van der Waals surface area contributed by atoms with Crippen LogP contribution in [0, 0.1) is 0 Å². The zero-order chi connectivity index (χ0) is 29.7. The van der Waals surface area contributed by atoms with Gasteiger partial charge in [0, 0.05) is 56.5 Å². The van der Waals surface area contributed by atoms with Crippen molar-refractivity contribution >= 4 is 91.4 Å². The van der Waals surface area contributed by atoms with Gasteiger partial charge in [0.05, 0.1) is 0 Å². The van der Waals surface area contributed by atoms with Crippen LogP contribution in [0.3, 0.4) is 0 Å². The topological polar surface area (TPSA) is 0 Å². The van der Waals surface area contributed by atoms with E-state index in [4.69, 9.17) is 0 Å². The summed E-state index contributed by atoms with van der Waals surface area (Å²) in [6.45, 7) is 0. The smallest absolute Gasteiger partial charge is 0.194 e. The molecule has 0 aromatic carbocycles. The van der Waals surface area contributed by atoms with E-state index >= 15 is 26.3 Å². The van der Waals surface area contributed by atoms with E-state index in [1.807, 2.05) is 22.9 Å². The Kier molecular flexibility index (Phi) is 7.99. The summed E-state index contributed by atoms with van der Waals surface area (Å²) in [7, 11) is 0. The highest BCUT2D eigenvalue weighted by Crippen LogP contribution is 2.64. The molecule has 0 atom stereocenters. The average Bonchev–Trinajstić information content (AvgIpc) is 3.80. The van der Waals surface area contributed by atoms with Gasteiger partial charge in [0.1, 0.15) is 0 Å². The van der Waals surface area contributed by atoms with Crippen LogP contribution in [0.25, 0.3) is 31.9 Å². The van der Waals surface area contributed by atoms with E-state index in [0.29, 0.717) is 25.1 Å². The van der Waals surface area contributed by atoms with Gasteiger partial charge in [0.15, 0.2) is 0 Å². The first kappa shape index (κ1) is 29.7. The number of thiol groups is 1. The van der Waals surface area contributed by atoms with Crippen LogP contribution < -0.4 is 0 Å². The van der Waals surface area contributed by atoms with Crippen molar-refractivity contribution in [2.45, 2.75) is 24.2 Å². The number of alkyl halides is 6. The first-order valence-electron chi connectivity index (χ1n) is 12.3. The fourth-order valence-electron chi connectivity index (χ4n) is 4.69. The lowest BCUT2D eigenvalue weighted by Gasteiger charge is -2.26. The number of rotatable bonds is 8. The fourth-order valence-corrected chi connectivity index (χ4v) is 9.17. The molecule has 0 amide bonds. The average molecular weight is 685 g/mol. The highest BCUT2D eigenvalue weighted by molar-refractivity contribution is 7.90. The molecule has 0 aliphatic heterocycles. The van der Waals surface area contributed by atoms with Gasteiger partial charge in [0.2, 0.25) is 0 Å². The number of hydrogen-bond acceptors (Lipinski definition) is 6. The zero-order valence-electron chi connectivity index (χ0n) is 21.1. The molecule has 0 saturated carbocycles. The number of halogens is 6. The van der Waals surface area contributed by atoms with E-state index in [9.17, 15) is 0 Å². The molecule has 5 aromatic rings. The number of hydrogen-bond donors (Lipinski definition) is 1. The highest BCUT2D eigenvalue weighted by atomic mass is 32.1. The molecule has 0 radical (unpaired) electrons. The summed E-state index contributed by atoms with van der Waals surface area (Å²) in [6, 6.07) is 15.6. The molecule has 0 bridgehead atoms. The quantitative estimate of drug-likeness (QED) is 0.122. The molecule has 0 saturated heterocycles. The molecule has 0 N–H and O–H groups in total. The standard InChI is InChI=1S/C30H18F6S6/c31-28(32)20(9-10-21(37)23-7-3-13-40-23)26(29(33,34)30(28,35)36)19-16-25(24-8-4-14-41-24)42-27(19)18(22-6-2-12-39-22)15-17-5-1-11-38-17/h1-8,10-16,37H,9H2/b18-15+,21-10-. The number of thiophene rings is 5. The van der Waals surface area contributed by atoms with E-state index in [-0.39, 0.29) is 15.3 Å². The molecule has 0 fully saturated rings. The Balaban J connectivity index is 1.63. The van der Waals surface area contributed by atoms with Gasteiger partial charge in [0.25, 0.3) is 0 Å². The maximum absolute atomic E-state index is 15.8. The molecule has 0 spiro atoms. The predicted molar refractivity (Wildman–Crippen MR) is 171 cm³/mol. The summed E-state index contributed by atoms with van der Waals surface area (Å²) in [5.74, 6) is -15.8. The van der Waals surface area contributed by atoms with Crippen LogP contribution in [0.15, 0.2) is 87.8 Å². The van der Waals surface area contributed by atoms with Gasteiger partial charge in [-0.2, -0.15) is 26.3 Å². The molecule has 0 unspecified atom stereocenters. The summed E-state index contributed by atoms with van der Waals surface area (Å²) >= 11 is 10.8. The van der Waals surface area contributed by atoms with Gasteiger partial charge in [-0.15, -0.1) is 69.3 Å². The van der Waals surface area contributed by atoms with Gasteiger partial charge >= 0.3 is 17.8 Å². The molecule has 1 aliphatic carbocycles. The van der Waals surface area contributed by atoms with Crippen molar-refractivity contribution in [2.75, 3.05) is 0 Å². The van der Waals surface area contributed by atoms with Crippen molar-refractivity contribution in [3.05, 3.63) is 113 Å². The lowest BCUT2D eigenvalue weighted by molar-refractivity contribution is -0.260. The Bertz CT molecular complexity index is 1770. The van der Waals surface area contributed by atoms with Crippen molar-refractivity contribution in [1.29, 1.82) is 0 Å². The van der Waals surface area contributed by atoms with E-state index in [1.165, 1.54) is 57.5 Å². The molecule has 42 heavy (non-hydrogen) atoms. The molecule has 0 nitrogen and oxygen atoms in total. The Morgan fingerprint density at radius 1 is 0.738 bits per heavy atom. The van der Waals surface area contributed by atoms with Crippen LogP contribution in [0.5, 0.6) is 0 Å². The molecule has 12 heteroatoms. The minimum Gasteiger partial charge on any atom is -0.194 e. The lowest BCUT2D eigenvalue weighted by Crippen LogP contribution is -2.49. The molecule has 6 rings (SSSR count). The second-order valence-electron chi connectivity index (χ2n) is 9.23. The van der Waals surface area contributed by atoms with Crippen molar-refractivity contribution in [2.24, 2.45) is 0 Å². The van der Waals surface area contributed by atoms with Crippen molar-refractivity contribution in [3.8, 4) is 9.75 Å². The lowest BCUT2D eigenvalue weighted by atomic mass is 9.94. The summed E-state index contributed by atoms with van der Waals surface area (Å²) in [5, 5.41) is 7.21. The Labute approximate surface area is 263 Å². The zero-order valence-corrected chi connectivity index (χ0v) is 26.1. The van der Waals surface area contributed by atoms with Crippen LogP contribution in [-0.4, -0.2) is 17.8 Å². The summed E-state index contributed by atoms with van der Waals surface area (Å²) in [5.41, 5.74) is -2.45. The second kappa shape index (κ2) is 11.3. The van der Waals surface area contributed by atoms with E-state index in [1.54, 1.807) is 53.2 Å². The van der Waals surface area contributed by atoms with Crippen molar-refractivity contribution in [1.82, 2.24) is 0 Å². The molecule has 216 valence electrons. The van der Waals surface area contributed by atoms with E-state index < -0.39 is 35.3 Å². The summed E-state index contributed by atoms with van der Waals surface area (Å²) in [4.78, 5) is 3.81. The molecule has 1 aliphatic rings. The fraction of sp³-hybridized carbons (Fsp3) is 0.133. The highest BCUT2D eigenvalue weighted by Gasteiger charge is 2.79. The molecule has 5 heterocycles. The first-order valence-corrected chi connectivity index (χ1v) is 17.1. The minimum absolute atomic E-state index is 0.225. The predicted octanol–water partition coefficient (Wildman–Crippen LogP) is 12.3. The van der Waals surface area contributed by atoms with Crippen LogP contribution in [0.2, 0.25) is 0 Å². The van der Waals surface area contributed by atoms with E-state index in [2.05, 4.69) is 12.6 Å². The Morgan fingerprint density at radius 3 is 2.00 bits per heavy atom. The van der Waals surface area contributed by atoms with Crippen LogP contribution in [-0.2, 0) is 0 Å². The van der Waals surface area contributed by atoms with Gasteiger partial charge in [-0.3, -0.25) is 0 Å². The third-order valence-electron chi connectivity index (χ3n) is 6.68. The van der Waals surface area contributed by atoms with Gasteiger partial charge in [-0.05, 0) is 64.3 Å². The molecular formula is C30H18F6S6. The first-order chi connectivity index (χ1) is 20.0. The largest absolute Gasteiger partial charge is 0.380 e. The third-order valence-corrected chi connectivity index (χ3v) is 12.1. The normalized spacial score (nSPS) is 18.3.